The second-order valence-electron chi connectivity index (χ2n) is 6.58. The van der Waals surface area contributed by atoms with Crippen molar-refractivity contribution in [1.29, 1.82) is 5.26 Å². The summed E-state index contributed by atoms with van der Waals surface area (Å²) >= 11 is 0. The van der Waals surface area contributed by atoms with Gasteiger partial charge in [-0.2, -0.15) is 5.26 Å². The van der Waals surface area contributed by atoms with E-state index in [4.69, 9.17) is 14.7 Å². The number of amides is 1. The first-order valence-corrected chi connectivity index (χ1v) is 9.14. The van der Waals surface area contributed by atoms with Gasteiger partial charge in [0.05, 0.1) is 37.5 Å². The summed E-state index contributed by atoms with van der Waals surface area (Å²) in [5, 5.41) is 8.58. The Balaban J connectivity index is 2.58. The molecule has 8 nitrogen and oxygen atoms in total. The van der Waals surface area contributed by atoms with Crippen LogP contribution in [-0.2, 0) is 19.5 Å². The highest BCUT2D eigenvalue weighted by Crippen LogP contribution is 2.14. The fourth-order valence-electron chi connectivity index (χ4n) is 2.09. The number of ether oxygens (including phenoxy) is 2. The molecule has 0 spiro atoms. The highest BCUT2D eigenvalue weighted by atomic mass is 32.2. The molecule has 1 N–H and O–H groups in total. The van der Waals surface area contributed by atoms with Crippen LogP contribution in [0.3, 0.4) is 0 Å². The Bertz CT molecular complexity index is 550. The van der Waals surface area contributed by atoms with Gasteiger partial charge in [-0.05, 0) is 27.7 Å². The minimum atomic E-state index is -3.59. The van der Waals surface area contributed by atoms with Crippen LogP contribution in [0.5, 0.6) is 0 Å². The Morgan fingerprint density at radius 3 is 2.74 bits per heavy atom. The summed E-state index contributed by atoms with van der Waals surface area (Å²) in [6, 6.07) is 1.45. The van der Waals surface area contributed by atoms with Crippen LogP contribution in [-0.4, -0.2) is 62.6 Å². The number of nitriles is 1. The van der Waals surface area contributed by atoms with E-state index in [-0.39, 0.29) is 25.3 Å². The van der Waals surface area contributed by atoms with E-state index < -0.39 is 33.9 Å². The van der Waals surface area contributed by atoms with Crippen molar-refractivity contribution in [2.45, 2.75) is 51.9 Å². The SMILES string of the molecule is C[C@@H](CC#N)NS(=O)(=O)C[C@@H]1CN(C(=O)OC(C)(C)C)CCO1. The minimum Gasteiger partial charge on any atom is -0.444 e. The molecule has 0 unspecified atom stereocenters. The second kappa shape index (κ2) is 7.95. The maximum absolute atomic E-state index is 12.1. The summed E-state index contributed by atoms with van der Waals surface area (Å²) in [7, 11) is -3.59. The average molecular weight is 347 g/mol. The number of nitrogens with one attached hydrogen (secondary N) is 1. The number of hydrogen-bond donors (Lipinski definition) is 1. The third kappa shape index (κ3) is 7.63. The Hall–Kier alpha value is -1.37. The van der Waals surface area contributed by atoms with Crippen molar-refractivity contribution in [2.24, 2.45) is 0 Å². The van der Waals surface area contributed by atoms with Crippen LogP contribution in [0.15, 0.2) is 0 Å². The van der Waals surface area contributed by atoms with Crippen molar-refractivity contribution in [2.75, 3.05) is 25.4 Å². The Morgan fingerprint density at radius 2 is 2.17 bits per heavy atom. The quantitative estimate of drug-likeness (QED) is 0.789. The number of sulfonamides is 1. The maximum atomic E-state index is 12.1. The van der Waals surface area contributed by atoms with Gasteiger partial charge in [0, 0.05) is 12.6 Å². The summed E-state index contributed by atoms with van der Waals surface area (Å²) in [5.41, 5.74) is -0.606. The van der Waals surface area contributed by atoms with E-state index in [0.717, 1.165) is 0 Å². The first-order valence-electron chi connectivity index (χ1n) is 7.49. The molecule has 0 radical (unpaired) electrons. The van der Waals surface area contributed by atoms with Gasteiger partial charge >= 0.3 is 6.09 Å². The molecular formula is C14H25N3O5S. The Morgan fingerprint density at radius 1 is 1.52 bits per heavy atom. The summed E-state index contributed by atoms with van der Waals surface area (Å²) in [5.74, 6) is -0.262. The molecular weight excluding hydrogens is 322 g/mol. The second-order valence-corrected chi connectivity index (χ2v) is 8.38. The van der Waals surface area contributed by atoms with Crippen LogP contribution in [0.25, 0.3) is 0 Å². The topological polar surface area (TPSA) is 109 Å². The average Bonchev–Trinajstić information content (AvgIpc) is 2.35. The Labute approximate surface area is 137 Å². The number of hydrogen-bond acceptors (Lipinski definition) is 6. The number of rotatable bonds is 5. The van der Waals surface area contributed by atoms with E-state index in [2.05, 4.69) is 4.72 Å². The lowest BCUT2D eigenvalue weighted by molar-refractivity contribution is -0.0343. The number of nitrogens with zero attached hydrogens (tertiary/aromatic N) is 2. The van der Waals surface area contributed by atoms with Crippen molar-refractivity contribution in [3.63, 3.8) is 0 Å². The fraction of sp³-hybridized carbons (Fsp3) is 0.857. The molecule has 1 aliphatic heterocycles. The molecule has 0 aromatic carbocycles. The summed E-state index contributed by atoms with van der Waals surface area (Å²) in [6.45, 7) is 7.71. The molecule has 23 heavy (non-hydrogen) atoms. The molecule has 0 aromatic rings. The number of carbonyl (C=O) groups excluding carboxylic acids is 1. The summed E-state index contributed by atoms with van der Waals surface area (Å²) < 4.78 is 37.2. The van der Waals surface area contributed by atoms with E-state index in [1.54, 1.807) is 27.7 Å². The van der Waals surface area contributed by atoms with Gasteiger partial charge in [-0.25, -0.2) is 17.9 Å². The number of morpholine rings is 1. The highest BCUT2D eigenvalue weighted by molar-refractivity contribution is 7.89. The normalized spacial score (nSPS) is 20.7. The van der Waals surface area contributed by atoms with Gasteiger partial charge in [-0.1, -0.05) is 0 Å². The van der Waals surface area contributed by atoms with Gasteiger partial charge in [-0.3, -0.25) is 0 Å². The van der Waals surface area contributed by atoms with E-state index >= 15 is 0 Å². The molecule has 1 fully saturated rings. The molecule has 132 valence electrons. The molecule has 2 atom stereocenters. The predicted octanol–water partition coefficient (Wildman–Crippen LogP) is 0.844. The molecule has 1 aliphatic rings. The van der Waals surface area contributed by atoms with Gasteiger partial charge in [0.25, 0.3) is 0 Å². The molecule has 1 saturated heterocycles. The van der Waals surface area contributed by atoms with Crippen LogP contribution in [0.2, 0.25) is 0 Å². The first-order chi connectivity index (χ1) is 10.5. The van der Waals surface area contributed by atoms with Gasteiger partial charge in [0.1, 0.15) is 5.60 Å². The predicted molar refractivity (Wildman–Crippen MR) is 84.2 cm³/mol. The van der Waals surface area contributed by atoms with Crippen LogP contribution in [0, 0.1) is 11.3 Å². The molecule has 0 bridgehead atoms. The maximum Gasteiger partial charge on any atom is 0.410 e. The van der Waals surface area contributed by atoms with Crippen LogP contribution in [0.4, 0.5) is 4.79 Å². The number of carbonyl (C=O) groups is 1. The van der Waals surface area contributed by atoms with E-state index in [1.807, 2.05) is 6.07 Å². The third-order valence-corrected chi connectivity index (χ3v) is 4.55. The lowest BCUT2D eigenvalue weighted by Crippen LogP contribution is -2.50. The van der Waals surface area contributed by atoms with Gasteiger partial charge in [0.2, 0.25) is 10.0 Å². The van der Waals surface area contributed by atoms with Crippen LogP contribution < -0.4 is 4.72 Å². The zero-order valence-electron chi connectivity index (χ0n) is 14.0. The molecule has 0 aromatic heterocycles. The van der Waals surface area contributed by atoms with Crippen molar-refractivity contribution in [3.05, 3.63) is 0 Å². The summed E-state index contributed by atoms with van der Waals surface area (Å²) in [6.07, 6.45) is -1.01. The van der Waals surface area contributed by atoms with Gasteiger partial charge < -0.3 is 14.4 Å². The molecule has 1 heterocycles. The zero-order valence-corrected chi connectivity index (χ0v) is 14.9. The van der Waals surface area contributed by atoms with Crippen molar-refractivity contribution >= 4 is 16.1 Å². The van der Waals surface area contributed by atoms with Crippen molar-refractivity contribution < 1.29 is 22.7 Å². The van der Waals surface area contributed by atoms with E-state index in [9.17, 15) is 13.2 Å². The molecule has 1 rings (SSSR count). The van der Waals surface area contributed by atoms with E-state index in [1.165, 1.54) is 4.90 Å². The lowest BCUT2D eigenvalue weighted by atomic mass is 10.2. The molecule has 0 aliphatic carbocycles. The minimum absolute atomic E-state index is 0.0921. The van der Waals surface area contributed by atoms with Crippen molar-refractivity contribution in [3.8, 4) is 6.07 Å². The first kappa shape index (κ1) is 19.7. The monoisotopic (exact) mass is 347 g/mol. The molecule has 1 amide bonds. The molecule has 0 saturated carbocycles. The van der Waals surface area contributed by atoms with E-state index in [0.29, 0.717) is 6.54 Å². The standard InChI is InChI=1S/C14H25N3O5S/c1-11(5-6-15)16-23(19,20)10-12-9-17(7-8-21-12)13(18)22-14(2,3)4/h11-12,16H,5,7-10H2,1-4H3/t11-,12-/m0/s1. The van der Waals surface area contributed by atoms with Crippen LogP contribution in [0.1, 0.15) is 34.1 Å². The summed E-state index contributed by atoms with van der Waals surface area (Å²) in [4.78, 5) is 13.5. The highest BCUT2D eigenvalue weighted by Gasteiger charge is 2.31. The van der Waals surface area contributed by atoms with Gasteiger partial charge in [0.15, 0.2) is 0 Å². The van der Waals surface area contributed by atoms with Crippen LogP contribution >= 0.6 is 0 Å². The smallest absolute Gasteiger partial charge is 0.410 e. The van der Waals surface area contributed by atoms with Crippen molar-refractivity contribution in [1.82, 2.24) is 9.62 Å². The molecule has 9 heteroatoms. The largest absolute Gasteiger partial charge is 0.444 e. The zero-order chi connectivity index (χ0) is 17.7. The Kier molecular flexibility index (Phi) is 6.80. The third-order valence-electron chi connectivity index (χ3n) is 2.97. The van der Waals surface area contributed by atoms with Gasteiger partial charge in [-0.15, -0.1) is 0 Å². The fourth-order valence-corrected chi connectivity index (χ4v) is 3.57. The lowest BCUT2D eigenvalue weighted by Gasteiger charge is -2.34.